The van der Waals surface area contributed by atoms with Gasteiger partial charge in [0, 0.05) is 17.2 Å². The molecular formula is C17H15BrN2O. The van der Waals surface area contributed by atoms with E-state index in [0.717, 1.165) is 33.5 Å². The minimum absolute atomic E-state index is 0.749. The fraction of sp³-hybridized carbons (Fsp3) is 0.118. The van der Waals surface area contributed by atoms with Crippen molar-refractivity contribution >= 4 is 26.7 Å². The third-order valence-electron chi connectivity index (χ3n) is 3.16. The van der Waals surface area contributed by atoms with Crippen LogP contribution in [0, 0.1) is 0 Å². The SMILES string of the molecule is CNCc1cncc(Oc2ccc3cc(Br)ccc3c2)c1. The van der Waals surface area contributed by atoms with E-state index >= 15 is 0 Å². The van der Waals surface area contributed by atoms with Crippen molar-refractivity contribution < 1.29 is 4.74 Å². The number of fused-ring (bicyclic) bond motifs is 1. The van der Waals surface area contributed by atoms with Crippen LogP contribution in [0.1, 0.15) is 5.56 Å². The summed E-state index contributed by atoms with van der Waals surface area (Å²) in [6.45, 7) is 0.774. The second-order valence-corrected chi connectivity index (χ2v) is 5.73. The van der Waals surface area contributed by atoms with Crippen LogP contribution in [0.3, 0.4) is 0 Å². The van der Waals surface area contributed by atoms with Gasteiger partial charge in [0.2, 0.25) is 0 Å². The number of pyridine rings is 1. The summed E-state index contributed by atoms with van der Waals surface area (Å²) in [4.78, 5) is 4.20. The smallest absolute Gasteiger partial charge is 0.146 e. The molecule has 21 heavy (non-hydrogen) atoms. The van der Waals surface area contributed by atoms with Gasteiger partial charge in [-0.2, -0.15) is 0 Å². The van der Waals surface area contributed by atoms with Crippen molar-refractivity contribution in [1.82, 2.24) is 10.3 Å². The van der Waals surface area contributed by atoms with Crippen LogP contribution in [-0.4, -0.2) is 12.0 Å². The first-order chi connectivity index (χ1) is 10.2. The molecule has 0 atom stereocenters. The Bertz CT molecular complexity index is 774. The highest BCUT2D eigenvalue weighted by molar-refractivity contribution is 9.10. The first-order valence-electron chi connectivity index (χ1n) is 6.70. The highest BCUT2D eigenvalue weighted by Crippen LogP contribution is 2.27. The lowest BCUT2D eigenvalue weighted by Crippen LogP contribution is -2.05. The monoisotopic (exact) mass is 342 g/mol. The average Bonchev–Trinajstić information content (AvgIpc) is 2.48. The molecule has 1 heterocycles. The Kier molecular flexibility index (Phi) is 4.18. The van der Waals surface area contributed by atoms with Gasteiger partial charge >= 0.3 is 0 Å². The van der Waals surface area contributed by atoms with Crippen LogP contribution in [0.2, 0.25) is 0 Å². The quantitative estimate of drug-likeness (QED) is 0.757. The molecule has 0 bridgehead atoms. The second kappa shape index (κ2) is 6.24. The summed E-state index contributed by atoms with van der Waals surface area (Å²) in [7, 11) is 1.91. The van der Waals surface area contributed by atoms with Gasteiger partial charge in [-0.15, -0.1) is 0 Å². The first kappa shape index (κ1) is 14.0. The third-order valence-corrected chi connectivity index (χ3v) is 3.65. The van der Waals surface area contributed by atoms with Gasteiger partial charge in [-0.25, -0.2) is 0 Å². The topological polar surface area (TPSA) is 34.2 Å². The lowest BCUT2D eigenvalue weighted by molar-refractivity contribution is 0.480. The van der Waals surface area contributed by atoms with Crippen molar-refractivity contribution in [3.8, 4) is 11.5 Å². The van der Waals surface area contributed by atoms with Crippen LogP contribution >= 0.6 is 15.9 Å². The van der Waals surface area contributed by atoms with Crippen molar-refractivity contribution in [3.63, 3.8) is 0 Å². The van der Waals surface area contributed by atoms with E-state index in [9.17, 15) is 0 Å². The van der Waals surface area contributed by atoms with E-state index in [0.29, 0.717) is 0 Å². The lowest BCUT2D eigenvalue weighted by Gasteiger charge is -2.08. The summed E-state index contributed by atoms with van der Waals surface area (Å²) in [5, 5.41) is 5.43. The second-order valence-electron chi connectivity index (χ2n) is 4.81. The van der Waals surface area contributed by atoms with E-state index in [4.69, 9.17) is 4.74 Å². The summed E-state index contributed by atoms with van der Waals surface area (Å²) >= 11 is 3.48. The molecule has 3 nitrogen and oxygen atoms in total. The molecule has 3 rings (SSSR count). The maximum Gasteiger partial charge on any atom is 0.146 e. The molecule has 0 radical (unpaired) electrons. The number of ether oxygens (including phenoxy) is 1. The largest absolute Gasteiger partial charge is 0.456 e. The summed E-state index contributed by atoms with van der Waals surface area (Å²) in [5.74, 6) is 1.56. The normalized spacial score (nSPS) is 10.8. The number of benzene rings is 2. The van der Waals surface area contributed by atoms with Crippen molar-refractivity contribution in [1.29, 1.82) is 0 Å². The van der Waals surface area contributed by atoms with Gasteiger partial charge in [-0.05, 0) is 53.7 Å². The minimum Gasteiger partial charge on any atom is -0.456 e. The summed E-state index contributed by atoms with van der Waals surface area (Å²) < 4.78 is 6.98. The van der Waals surface area contributed by atoms with Gasteiger partial charge in [0.05, 0.1) is 6.20 Å². The fourth-order valence-electron chi connectivity index (χ4n) is 2.21. The van der Waals surface area contributed by atoms with Crippen LogP contribution in [0.25, 0.3) is 10.8 Å². The molecule has 0 unspecified atom stereocenters. The molecule has 0 aliphatic carbocycles. The van der Waals surface area contributed by atoms with Crippen LogP contribution in [0.4, 0.5) is 0 Å². The first-order valence-corrected chi connectivity index (χ1v) is 7.49. The van der Waals surface area contributed by atoms with Crippen molar-refractivity contribution in [2.75, 3.05) is 7.05 Å². The number of hydrogen-bond donors (Lipinski definition) is 1. The van der Waals surface area contributed by atoms with Gasteiger partial charge in [-0.3, -0.25) is 4.98 Å². The number of halogens is 1. The Labute approximate surface area is 132 Å². The summed E-state index contributed by atoms with van der Waals surface area (Å²) in [5.41, 5.74) is 1.10. The van der Waals surface area contributed by atoms with Crippen LogP contribution in [0.5, 0.6) is 11.5 Å². The fourth-order valence-corrected chi connectivity index (χ4v) is 2.59. The van der Waals surface area contributed by atoms with Crippen LogP contribution in [0.15, 0.2) is 59.3 Å². The van der Waals surface area contributed by atoms with E-state index < -0.39 is 0 Å². The van der Waals surface area contributed by atoms with Gasteiger partial charge in [0.1, 0.15) is 11.5 Å². The number of aromatic nitrogens is 1. The van der Waals surface area contributed by atoms with Crippen molar-refractivity contribution in [3.05, 3.63) is 64.9 Å². The van der Waals surface area contributed by atoms with Crippen LogP contribution in [-0.2, 0) is 6.54 Å². The molecule has 1 N–H and O–H groups in total. The standard InChI is InChI=1S/C17H15BrN2O/c1-19-9-12-6-17(11-20-10-12)21-16-5-3-13-7-15(18)4-2-14(13)8-16/h2-8,10-11,19H,9H2,1H3. The molecule has 0 aliphatic rings. The lowest BCUT2D eigenvalue weighted by atomic mass is 10.1. The third kappa shape index (κ3) is 3.40. The molecule has 0 amide bonds. The summed E-state index contributed by atoms with van der Waals surface area (Å²) in [6.07, 6.45) is 3.56. The van der Waals surface area contributed by atoms with Gasteiger partial charge < -0.3 is 10.1 Å². The number of rotatable bonds is 4. The number of nitrogens with one attached hydrogen (secondary N) is 1. The Balaban J connectivity index is 1.87. The Morgan fingerprint density at radius 3 is 2.67 bits per heavy atom. The van der Waals surface area contributed by atoms with E-state index in [1.165, 1.54) is 5.39 Å². The molecular weight excluding hydrogens is 328 g/mol. The highest BCUT2D eigenvalue weighted by Gasteiger charge is 2.02. The zero-order chi connectivity index (χ0) is 14.7. The van der Waals surface area contributed by atoms with E-state index in [1.54, 1.807) is 6.20 Å². The van der Waals surface area contributed by atoms with Gasteiger partial charge in [0.15, 0.2) is 0 Å². The molecule has 106 valence electrons. The predicted octanol–water partition coefficient (Wildman–Crippen LogP) is 4.51. The molecule has 0 spiro atoms. The molecule has 3 aromatic rings. The maximum absolute atomic E-state index is 5.90. The zero-order valence-electron chi connectivity index (χ0n) is 11.6. The molecule has 0 saturated heterocycles. The van der Waals surface area contributed by atoms with E-state index in [2.05, 4.69) is 44.4 Å². The number of nitrogens with zero attached hydrogens (tertiary/aromatic N) is 1. The predicted molar refractivity (Wildman–Crippen MR) is 88.7 cm³/mol. The Morgan fingerprint density at radius 2 is 1.81 bits per heavy atom. The minimum atomic E-state index is 0.749. The van der Waals surface area contributed by atoms with Gasteiger partial charge in [0.25, 0.3) is 0 Å². The van der Waals surface area contributed by atoms with Crippen molar-refractivity contribution in [2.24, 2.45) is 0 Å². The highest BCUT2D eigenvalue weighted by atomic mass is 79.9. The summed E-state index contributed by atoms with van der Waals surface area (Å²) in [6, 6.07) is 14.2. The van der Waals surface area contributed by atoms with Crippen LogP contribution < -0.4 is 10.1 Å². The van der Waals surface area contributed by atoms with E-state index in [-0.39, 0.29) is 0 Å². The molecule has 0 fully saturated rings. The Morgan fingerprint density at radius 1 is 1.00 bits per heavy atom. The average molecular weight is 343 g/mol. The molecule has 4 heteroatoms. The maximum atomic E-state index is 5.90. The van der Waals surface area contributed by atoms with E-state index in [1.807, 2.05) is 37.5 Å². The number of hydrogen-bond acceptors (Lipinski definition) is 3. The Hall–Kier alpha value is -1.91. The molecule has 0 aliphatic heterocycles. The molecule has 1 aromatic heterocycles. The zero-order valence-corrected chi connectivity index (χ0v) is 13.2. The van der Waals surface area contributed by atoms with Gasteiger partial charge in [-0.1, -0.05) is 28.1 Å². The molecule has 2 aromatic carbocycles. The molecule has 0 saturated carbocycles. The van der Waals surface area contributed by atoms with Crippen molar-refractivity contribution in [2.45, 2.75) is 6.54 Å².